The molecule has 0 saturated carbocycles. The quantitative estimate of drug-likeness (QED) is 0.658. The van der Waals surface area contributed by atoms with Crippen LogP contribution < -0.4 is 0 Å². The molecule has 3 heterocycles. The van der Waals surface area contributed by atoms with E-state index in [4.69, 9.17) is 14.8 Å². The molecular formula is C18H18N4O2S. The fourth-order valence-corrected chi connectivity index (χ4v) is 3.96. The zero-order valence-electron chi connectivity index (χ0n) is 13.7. The molecular weight excluding hydrogens is 336 g/mol. The number of allylic oxidation sites excluding steroid dienone is 1. The van der Waals surface area contributed by atoms with Crippen molar-refractivity contribution in [3.63, 3.8) is 0 Å². The van der Waals surface area contributed by atoms with Gasteiger partial charge in [0, 0.05) is 31.1 Å². The topological polar surface area (TPSA) is 59.7 Å². The van der Waals surface area contributed by atoms with Crippen molar-refractivity contribution in [1.29, 1.82) is 0 Å². The van der Waals surface area contributed by atoms with Gasteiger partial charge in [-0.15, -0.1) is 0 Å². The number of imidazole rings is 1. The van der Waals surface area contributed by atoms with E-state index in [1.54, 1.807) is 11.3 Å². The van der Waals surface area contributed by atoms with Crippen LogP contribution in [-0.4, -0.2) is 51.7 Å². The van der Waals surface area contributed by atoms with Crippen molar-refractivity contribution in [2.75, 3.05) is 26.3 Å². The van der Waals surface area contributed by atoms with Crippen molar-refractivity contribution >= 4 is 22.2 Å². The minimum Gasteiger partial charge on any atom is -0.379 e. The van der Waals surface area contributed by atoms with Crippen LogP contribution in [0.25, 0.3) is 16.2 Å². The van der Waals surface area contributed by atoms with E-state index in [1.807, 2.05) is 40.8 Å². The smallest absolute Gasteiger partial charge is 0.213 e. The van der Waals surface area contributed by atoms with Crippen LogP contribution in [0.4, 0.5) is 0 Å². The zero-order valence-corrected chi connectivity index (χ0v) is 14.5. The number of nitrogens with zero attached hydrogens (tertiary/aromatic N) is 4. The summed E-state index contributed by atoms with van der Waals surface area (Å²) in [5.74, 6) is 1.84. The SMILES string of the molecule is O=C=CCc1nc2sc(CN3CCOCC3)nn2c1-c1ccccc1. The number of hydrogen-bond acceptors (Lipinski definition) is 6. The predicted molar refractivity (Wildman–Crippen MR) is 96.4 cm³/mol. The Morgan fingerprint density at radius 3 is 2.80 bits per heavy atom. The van der Waals surface area contributed by atoms with Crippen LogP contribution in [0.1, 0.15) is 10.7 Å². The summed E-state index contributed by atoms with van der Waals surface area (Å²) in [5, 5.41) is 5.83. The number of hydrogen-bond donors (Lipinski definition) is 0. The van der Waals surface area contributed by atoms with Gasteiger partial charge in [-0.25, -0.2) is 14.3 Å². The van der Waals surface area contributed by atoms with E-state index < -0.39 is 0 Å². The van der Waals surface area contributed by atoms with Gasteiger partial charge in [-0.1, -0.05) is 41.7 Å². The fraction of sp³-hybridized carbons (Fsp3) is 0.333. The first-order valence-corrected chi connectivity index (χ1v) is 9.09. The normalized spacial score (nSPS) is 15.4. The number of benzene rings is 1. The molecule has 6 nitrogen and oxygen atoms in total. The molecule has 1 aliphatic rings. The van der Waals surface area contributed by atoms with Crippen LogP contribution in [0.15, 0.2) is 36.4 Å². The lowest BCUT2D eigenvalue weighted by atomic mass is 10.1. The van der Waals surface area contributed by atoms with Crippen molar-refractivity contribution in [3.05, 3.63) is 47.1 Å². The highest BCUT2D eigenvalue weighted by Crippen LogP contribution is 2.28. The first kappa shape index (κ1) is 16.2. The molecule has 7 heteroatoms. The van der Waals surface area contributed by atoms with Gasteiger partial charge in [-0.05, 0) is 0 Å². The van der Waals surface area contributed by atoms with Gasteiger partial charge in [0.1, 0.15) is 10.9 Å². The molecule has 0 atom stereocenters. The fourth-order valence-electron chi connectivity index (χ4n) is 3.01. The molecule has 0 bridgehead atoms. The Balaban J connectivity index is 1.71. The van der Waals surface area contributed by atoms with Crippen LogP contribution in [0, 0.1) is 0 Å². The molecule has 0 N–H and O–H groups in total. The number of morpholine rings is 1. The van der Waals surface area contributed by atoms with E-state index >= 15 is 0 Å². The molecule has 1 saturated heterocycles. The highest BCUT2D eigenvalue weighted by Gasteiger charge is 2.19. The third-order valence-electron chi connectivity index (χ3n) is 4.21. The number of rotatable bonds is 5. The molecule has 128 valence electrons. The lowest BCUT2D eigenvalue weighted by Gasteiger charge is -2.25. The molecule has 0 radical (unpaired) electrons. The van der Waals surface area contributed by atoms with Gasteiger partial charge >= 0.3 is 0 Å². The monoisotopic (exact) mass is 354 g/mol. The van der Waals surface area contributed by atoms with E-state index in [2.05, 4.69) is 4.90 Å². The molecule has 0 unspecified atom stereocenters. The lowest BCUT2D eigenvalue weighted by Crippen LogP contribution is -2.35. The number of carbonyl (C=O) groups excluding carboxylic acids is 1. The maximum atomic E-state index is 10.6. The van der Waals surface area contributed by atoms with Gasteiger partial charge in [0.25, 0.3) is 0 Å². The summed E-state index contributed by atoms with van der Waals surface area (Å²) in [6.45, 7) is 4.24. The highest BCUT2D eigenvalue weighted by atomic mass is 32.1. The molecule has 2 aromatic heterocycles. The largest absolute Gasteiger partial charge is 0.379 e. The third-order valence-corrected chi connectivity index (χ3v) is 5.10. The number of aromatic nitrogens is 3. The molecule has 0 amide bonds. The Morgan fingerprint density at radius 2 is 2.04 bits per heavy atom. The second-order valence-electron chi connectivity index (χ2n) is 5.88. The molecule has 3 aromatic rings. The average molecular weight is 354 g/mol. The van der Waals surface area contributed by atoms with Crippen LogP contribution >= 0.6 is 11.3 Å². The molecule has 0 spiro atoms. The van der Waals surface area contributed by atoms with Crippen LogP contribution in [-0.2, 0) is 22.5 Å². The van der Waals surface area contributed by atoms with Gasteiger partial charge in [-0.3, -0.25) is 4.90 Å². The highest BCUT2D eigenvalue weighted by molar-refractivity contribution is 7.16. The van der Waals surface area contributed by atoms with Crippen molar-refractivity contribution in [2.45, 2.75) is 13.0 Å². The lowest BCUT2D eigenvalue weighted by molar-refractivity contribution is 0.0340. The van der Waals surface area contributed by atoms with Gasteiger partial charge in [-0.2, -0.15) is 5.10 Å². The summed E-state index contributed by atoms with van der Waals surface area (Å²) in [7, 11) is 0. The van der Waals surface area contributed by atoms with E-state index in [0.29, 0.717) is 6.42 Å². The first-order valence-electron chi connectivity index (χ1n) is 8.27. The summed E-state index contributed by atoms with van der Waals surface area (Å²) in [6, 6.07) is 10.1. The van der Waals surface area contributed by atoms with Gasteiger partial charge in [0.2, 0.25) is 4.96 Å². The van der Waals surface area contributed by atoms with E-state index in [1.165, 1.54) is 6.08 Å². The first-order chi connectivity index (χ1) is 12.3. The summed E-state index contributed by atoms with van der Waals surface area (Å²) in [6.07, 6.45) is 1.93. The summed E-state index contributed by atoms with van der Waals surface area (Å²) < 4.78 is 7.31. The van der Waals surface area contributed by atoms with Crippen LogP contribution in [0.2, 0.25) is 0 Å². The molecule has 4 rings (SSSR count). The Labute approximate surface area is 149 Å². The van der Waals surface area contributed by atoms with Crippen molar-refractivity contribution in [2.24, 2.45) is 0 Å². The summed E-state index contributed by atoms with van der Waals surface area (Å²) >= 11 is 1.60. The van der Waals surface area contributed by atoms with Crippen LogP contribution in [0.3, 0.4) is 0 Å². The maximum absolute atomic E-state index is 10.6. The molecule has 1 aliphatic heterocycles. The van der Waals surface area contributed by atoms with Gasteiger partial charge in [0.05, 0.1) is 31.1 Å². The Morgan fingerprint density at radius 1 is 1.24 bits per heavy atom. The van der Waals surface area contributed by atoms with E-state index in [0.717, 1.165) is 59.8 Å². The van der Waals surface area contributed by atoms with E-state index in [9.17, 15) is 4.79 Å². The Kier molecular flexibility index (Phi) is 4.72. The summed E-state index contributed by atoms with van der Waals surface area (Å²) in [5.41, 5.74) is 2.85. The minimum atomic E-state index is 0.461. The third kappa shape index (κ3) is 3.41. The Hall–Kier alpha value is -2.31. The molecule has 0 aliphatic carbocycles. The average Bonchev–Trinajstić information content (AvgIpc) is 3.18. The second kappa shape index (κ2) is 7.29. The molecule has 1 fully saturated rings. The second-order valence-corrected chi connectivity index (χ2v) is 6.92. The zero-order chi connectivity index (χ0) is 17.1. The van der Waals surface area contributed by atoms with Crippen molar-refractivity contribution < 1.29 is 9.53 Å². The standard InChI is InChI=1S/C18H18N4O2S/c23-10-4-7-15-17(14-5-2-1-3-6-14)22-18(19-15)25-16(20-22)13-21-8-11-24-12-9-21/h1-6H,7-9,11-13H2. The predicted octanol–water partition coefficient (Wildman–Crippen LogP) is 2.22. The number of fused-ring (bicyclic) bond motifs is 1. The minimum absolute atomic E-state index is 0.461. The Bertz CT molecular complexity index is 906. The van der Waals surface area contributed by atoms with Crippen molar-refractivity contribution in [1.82, 2.24) is 19.5 Å². The van der Waals surface area contributed by atoms with Gasteiger partial charge < -0.3 is 4.74 Å². The van der Waals surface area contributed by atoms with E-state index in [-0.39, 0.29) is 0 Å². The van der Waals surface area contributed by atoms with Crippen LogP contribution in [0.5, 0.6) is 0 Å². The molecule has 25 heavy (non-hydrogen) atoms. The summed E-state index contributed by atoms with van der Waals surface area (Å²) in [4.78, 5) is 18.5. The maximum Gasteiger partial charge on any atom is 0.213 e. The number of ether oxygens (including phenoxy) is 1. The molecule has 1 aromatic carbocycles. The van der Waals surface area contributed by atoms with Gasteiger partial charge in [0.15, 0.2) is 0 Å². The van der Waals surface area contributed by atoms with Crippen molar-refractivity contribution in [3.8, 4) is 11.3 Å².